The largest absolute Gasteiger partial charge is 0.369 e. The zero-order valence-electron chi connectivity index (χ0n) is 10.4. The van der Waals surface area contributed by atoms with E-state index in [0.29, 0.717) is 0 Å². The zero-order valence-corrected chi connectivity index (χ0v) is 12.2. The van der Waals surface area contributed by atoms with Crippen LogP contribution in [0.4, 0.5) is 0 Å². The van der Waals surface area contributed by atoms with Crippen LogP contribution in [-0.2, 0) is 9.13 Å². The van der Waals surface area contributed by atoms with Gasteiger partial charge in [0.05, 0.1) is 0 Å². The van der Waals surface area contributed by atoms with Crippen molar-refractivity contribution in [2.24, 2.45) is 11.7 Å². The minimum atomic E-state index is -5.32. The highest BCUT2D eigenvalue weighted by Crippen LogP contribution is 2.69. The second kappa shape index (κ2) is 5.92. The predicted octanol–water partition coefficient (Wildman–Crippen LogP) is 0.286. The van der Waals surface area contributed by atoms with E-state index in [4.69, 9.17) is 25.3 Å². The third kappa shape index (κ3) is 4.09. The van der Waals surface area contributed by atoms with Crippen molar-refractivity contribution in [2.75, 3.05) is 0 Å². The van der Waals surface area contributed by atoms with E-state index < -0.39 is 26.7 Å². The van der Waals surface area contributed by atoms with Crippen LogP contribution in [-0.4, -0.2) is 35.8 Å². The summed E-state index contributed by atoms with van der Waals surface area (Å²) in [6, 6.07) is 0.110. The fourth-order valence-electron chi connectivity index (χ4n) is 2.34. The van der Waals surface area contributed by atoms with Crippen molar-refractivity contribution in [3.05, 3.63) is 0 Å². The Morgan fingerprint density at radius 1 is 1.00 bits per heavy atom. The van der Waals surface area contributed by atoms with E-state index in [1.165, 1.54) is 0 Å². The second-order valence-corrected chi connectivity index (χ2v) is 9.19. The van der Waals surface area contributed by atoms with E-state index >= 15 is 0 Å². The van der Waals surface area contributed by atoms with Gasteiger partial charge in [-0.3, -0.25) is 9.13 Å². The summed E-state index contributed by atoms with van der Waals surface area (Å²) in [5.41, 5.74) is 5.72. The highest BCUT2D eigenvalue weighted by molar-refractivity contribution is 7.72. The van der Waals surface area contributed by atoms with Crippen molar-refractivity contribution in [2.45, 2.75) is 49.6 Å². The van der Waals surface area contributed by atoms with Crippen molar-refractivity contribution >= 4 is 15.2 Å². The molecule has 1 fully saturated rings. The normalized spacial score (nSPS) is 26.4. The molecular weight excluding hydrogens is 296 g/mol. The van der Waals surface area contributed by atoms with Crippen LogP contribution in [0.5, 0.6) is 0 Å². The molecule has 1 rings (SSSR count). The van der Waals surface area contributed by atoms with Gasteiger partial charge in [-0.25, -0.2) is 0 Å². The monoisotopic (exact) mass is 317 g/mol. The number of aliphatic hydroxyl groups is 1. The van der Waals surface area contributed by atoms with Gasteiger partial charge in [-0.05, 0) is 38.0 Å². The molecule has 7 N–H and O–H groups in total. The summed E-state index contributed by atoms with van der Waals surface area (Å²) >= 11 is 0. The van der Waals surface area contributed by atoms with E-state index in [0.717, 1.165) is 25.7 Å². The molecule has 1 saturated carbocycles. The zero-order chi connectivity index (χ0) is 14.9. The molecule has 0 aliphatic heterocycles. The molecule has 0 spiro atoms. The quantitative estimate of drug-likeness (QED) is 0.394. The summed E-state index contributed by atoms with van der Waals surface area (Å²) in [5, 5.41) is 6.44. The van der Waals surface area contributed by atoms with Crippen LogP contribution >= 0.6 is 15.2 Å². The van der Waals surface area contributed by atoms with E-state index in [9.17, 15) is 14.2 Å². The van der Waals surface area contributed by atoms with Crippen molar-refractivity contribution in [3.8, 4) is 0 Å². The van der Waals surface area contributed by atoms with Crippen LogP contribution in [0.2, 0.25) is 0 Å². The third-order valence-electron chi connectivity index (χ3n) is 3.71. The summed E-state index contributed by atoms with van der Waals surface area (Å²) in [5.74, 6) is 0.0735. The van der Waals surface area contributed by atoms with Crippen LogP contribution < -0.4 is 5.73 Å². The molecule has 0 radical (unpaired) electrons. The molecule has 8 nitrogen and oxygen atoms in total. The lowest BCUT2D eigenvalue weighted by Crippen LogP contribution is -2.31. The Morgan fingerprint density at radius 3 is 1.79 bits per heavy atom. The van der Waals surface area contributed by atoms with Gasteiger partial charge in [-0.1, -0.05) is 0 Å². The lowest BCUT2D eigenvalue weighted by molar-refractivity contribution is 0.112. The van der Waals surface area contributed by atoms with Gasteiger partial charge >= 0.3 is 15.2 Å². The standard InChI is InChI=1S/C9H21NO7P2/c10-8-3-1-7(2-4-8)5-6-9(11,18(12,13)14)19(15,16)17/h7-8,11H,1-6,10H2,(H2,12,13,14)(H2,15,16,17). The molecular formula is C9H21NO7P2. The first-order valence-electron chi connectivity index (χ1n) is 6.06. The van der Waals surface area contributed by atoms with Crippen molar-refractivity contribution in [3.63, 3.8) is 0 Å². The minimum Gasteiger partial charge on any atom is -0.368 e. The van der Waals surface area contributed by atoms with Crippen LogP contribution in [0.3, 0.4) is 0 Å². The Morgan fingerprint density at radius 2 is 1.42 bits per heavy atom. The van der Waals surface area contributed by atoms with Gasteiger partial charge in [-0.2, -0.15) is 0 Å². The van der Waals surface area contributed by atoms with Crippen molar-refractivity contribution < 1.29 is 33.8 Å². The van der Waals surface area contributed by atoms with Crippen LogP contribution in [0.1, 0.15) is 38.5 Å². The molecule has 0 heterocycles. The fourth-order valence-corrected chi connectivity index (χ4v) is 4.53. The maximum absolute atomic E-state index is 11.2. The Bertz CT molecular complexity index is 373. The summed E-state index contributed by atoms with van der Waals surface area (Å²) < 4.78 is 22.3. The van der Waals surface area contributed by atoms with Gasteiger partial charge in [0, 0.05) is 12.5 Å². The van der Waals surface area contributed by atoms with Crippen LogP contribution in [0, 0.1) is 5.92 Å². The summed E-state index contributed by atoms with van der Waals surface area (Å²) in [6.07, 6.45) is 2.55. The predicted molar refractivity (Wildman–Crippen MR) is 68.2 cm³/mol. The van der Waals surface area contributed by atoms with Gasteiger partial charge in [0.25, 0.3) is 5.08 Å². The number of rotatable bonds is 5. The number of hydrogen-bond acceptors (Lipinski definition) is 4. The molecule has 0 aromatic heterocycles. The first-order chi connectivity index (χ1) is 8.47. The Hall–Kier alpha value is 0.220. The highest BCUT2D eigenvalue weighted by atomic mass is 31.2. The number of hydrogen-bond donors (Lipinski definition) is 6. The third-order valence-corrected chi connectivity index (χ3v) is 7.59. The molecule has 0 aromatic rings. The molecule has 0 aromatic carbocycles. The van der Waals surface area contributed by atoms with Crippen LogP contribution in [0.15, 0.2) is 0 Å². The van der Waals surface area contributed by atoms with Gasteiger partial charge in [0.1, 0.15) is 0 Å². The van der Waals surface area contributed by atoms with E-state index in [1.54, 1.807) is 0 Å². The van der Waals surface area contributed by atoms with Crippen molar-refractivity contribution in [1.82, 2.24) is 0 Å². The van der Waals surface area contributed by atoms with E-state index in [2.05, 4.69) is 0 Å². The molecule has 0 atom stereocenters. The van der Waals surface area contributed by atoms with Crippen molar-refractivity contribution in [1.29, 1.82) is 0 Å². The SMILES string of the molecule is NC1CCC(CCC(O)(P(=O)(O)O)P(=O)(O)O)CC1. The summed E-state index contributed by atoms with van der Waals surface area (Å²) in [6.45, 7) is 0. The average Bonchev–Trinajstić information content (AvgIpc) is 2.24. The van der Waals surface area contributed by atoms with E-state index in [1.807, 2.05) is 0 Å². The molecule has 0 unspecified atom stereocenters. The molecule has 0 saturated heterocycles. The number of nitrogens with two attached hydrogens (primary N) is 1. The second-order valence-electron chi connectivity index (χ2n) is 5.18. The van der Waals surface area contributed by atoms with Gasteiger partial charge in [0.15, 0.2) is 0 Å². The Labute approximate surface area is 111 Å². The van der Waals surface area contributed by atoms with Gasteiger partial charge in [0.2, 0.25) is 0 Å². The first kappa shape index (κ1) is 17.3. The van der Waals surface area contributed by atoms with E-state index in [-0.39, 0.29) is 18.4 Å². The average molecular weight is 317 g/mol. The molecule has 0 bridgehead atoms. The molecule has 19 heavy (non-hydrogen) atoms. The molecule has 114 valence electrons. The molecule has 1 aliphatic rings. The van der Waals surface area contributed by atoms with Gasteiger partial charge in [-0.15, -0.1) is 0 Å². The Balaban J connectivity index is 2.71. The molecule has 1 aliphatic carbocycles. The lowest BCUT2D eigenvalue weighted by atomic mass is 9.84. The first-order valence-corrected chi connectivity index (χ1v) is 9.29. The maximum atomic E-state index is 11.2. The fraction of sp³-hybridized carbons (Fsp3) is 1.00. The lowest BCUT2D eigenvalue weighted by Gasteiger charge is -2.32. The highest BCUT2D eigenvalue weighted by Gasteiger charge is 2.58. The Kier molecular flexibility index (Phi) is 5.38. The molecule has 10 heteroatoms. The van der Waals surface area contributed by atoms with Crippen LogP contribution in [0.25, 0.3) is 0 Å². The minimum absolute atomic E-state index is 0.0735. The maximum Gasteiger partial charge on any atom is 0.369 e. The van der Waals surface area contributed by atoms with Gasteiger partial charge < -0.3 is 30.4 Å². The summed E-state index contributed by atoms with van der Waals surface area (Å²) in [4.78, 5) is 36.0. The molecule has 0 amide bonds. The summed E-state index contributed by atoms with van der Waals surface area (Å²) in [7, 11) is -10.6. The topological polar surface area (TPSA) is 161 Å². The smallest absolute Gasteiger partial charge is 0.368 e.